The summed E-state index contributed by atoms with van der Waals surface area (Å²) in [6, 6.07) is 4.79. The van der Waals surface area contributed by atoms with Gasteiger partial charge < -0.3 is 29.7 Å². The first-order chi connectivity index (χ1) is 12.1. The van der Waals surface area contributed by atoms with Gasteiger partial charge in [0.15, 0.2) is 16.6 Å². The molecular weight excluding hydrogens is 352 g/mol. The fourth-order valence-electron chi connectivity index (χ4n) is 2.52. The summed E-state index contributed by atoms with van der Waals surface area (Å²) in [5.41, 5.74) is 0.849. The Balaban J connectivity index is 1.73. The van der Waals surface area contributed by atoms with E-state index >= 15 is 0 Å². The summed E-state index contributed by atoms with van der Waals surface area (Å²) >= 11 is 5.25. The zero-order chi connectivity index (χ0) is 18.1. The number of ether oxygens (including phenoxy) is 3. The molecule has 1 aromatic rings. The second-order valence-corrected chi connectivity index (χ2v) is 5.99. The van der Waals surface area contributed by atoms with Gasteiger partial charge in [-0.2, -0.15) is 8.78 Å². The standard InChI is InChI=1S/C16H23F2N3O3S/c1-22-14-10-12(2-3-13(14)24-15(17)18)11-20-16(25)19-4-5-21-6-8-23-9-7-21/h2-3,10,15H,4-9,11H2,1H3,(H2,19,20,25)/p+1. The number of morpholine rings is 1. The third-order valence-electron chi connectivity index (χ3n) is 3.86. The molecule has 0 unspecified atom stereocenters. The SMILES string of the molecule is COc1cc(CNC(=S)NCC[NH+]2CCOCC2)ccc1OC(F)F. The first-order valence-corrected chi connectivity index (χ1v) is 8.54. The Hall–Kier alpha value is -1.71. The van der Waals surface area contributed by atoms with Gasteiger partial charge in [0.1, 0.15) is 13.1 Å². The van der Waals surface area contributed by atoms with E-state index in [-0.39, 0.29) is 11.5 Å². The molecule has 2 rings (SSSR count). The minimum atomic E-state index is -2.89. The molecule has 0 bridgehead atoms. The Kier molecular flexibility index (Phi) is 8.10. The van der Waals surface area contributed by atoms with E-state index < -0.39 is 6.61 Å². The number of hydrogen-bond acceptors (Lipinski definition) is 4. The fraction of sp³-hybridized carbons (Fsp3) is 0.562. The highest BCUT2D eigenvalue weighted by atomic mass is 32.1. The maximum atomic E-state index is 12.3. The van der Waals surface area contributed by atoms with E-state index in [1.54, 1.807) is 12.1 Å². The number of methoxy groups -OCH3 is 1. The predicted octanol–water partition coefficient (Wildman–Crippen LogP) is 0.176. The first-order valence-electron chi connectivity index (χ1n) is 8.13. The molecule has 25 heavy (non-hydrogen) atoms. The van der Waals surface area contributed by atoms with Crippen LogP contribution in [0.3, 0.4) is 0 Å². The minimum absolute atomic E-state index is 0.00966. The second kappa shape index (κ2) is 10.3. The zero-order valence-corrected chi connectivity index (χ0v) is 15.0. The summed E-state index contributed by atoms with van der Waals surface area (Å²) < 4.78 is 39.4. The molecular formula is C16H24F2N3O3S+. The van der Waals surface area contributed by atoms with Gasteiger partial charge in [-0.3, -0.25) is 0 Å². The average molecular weight is 376 g/mol. The van der Waals surface area contributed by atoms with Gasteiger partial charge in [-0.05, 0) is 29.9 Å². The third kappa shape index (κ3) is 6.97. The van der Waals surface area contributed by atoms with Crippen LogP contribution in [0.4, 0.5) is 8.78 Å². The van der Waals surface area contributed by atoms with Crippen molar-refractivity contribution < 1.29 is 27.9 Å². The molecule has 0 atom stereocenters. The van der Waals surface area contributed by atoms with Crippen LogP contribution in [0.2, 0.25) is 0 Å². The lowest BCUT2D eigenvalue weighted by Crippen LogP contribution is -3.14. The van der Waals surface area contributed by atoms with Crippen LogP contribution in [0, 0.1) is 0 Å². The normalized spacial score (nSPS) is 15.0. The van der Waals surface area contributed by atoms with Gasteiger partial charge in [0.25, 0.3) is 0 Å². The van der Waals surface area contributed by atoms with Crippen molar-refractivity contribution in [2.24, 2.45) is 0 Å². The molecule has 140 valence electrons. The Labute approximate surface area is 151 Å². The first kappa shape index (κ1) is 19.6. The lowest BCUT2D eigenvalue weighted by molar-refractivity contribution is -0.906. The highest BCUT2D eigenvalue weighted by Crippen LogP contribution is 2.29. The molecule has 0 radical (unpaired) electrons. The molecule has 0 aliphatic carbocycles. The smallest absolute Gasteiger partial charge is 0.387 e. The van der Waals surface area contributed by atoms with Gasteiger partial charge in [0.2, 0.25) is 0 Å². The Morgan fingerprint density at radius 3 is 2.72 bits per heavy atom. The van der Waals surface area contributed by atoms with Crippen molar-refractivity contribution in [3.05, 3.63) is 23.8 Å². The molecule has 1 aliphatic heterocycles. The lowest BCUT2D eigenvalue weighted by Gasteiger charge is -2.24. The van der Waals surface area contributed by atoms with Crippen molar-refractivity contribution in [3.8, 4) is 11.5 Å². The van der Waals surface area contributed by atoms with Gasteiger partial charge in [-0.1, -0.05) is 6.07 Å². The number of rotatable bonds is 8. The van der Waals surface area contributed by atoms with Crippen LogP contribution in [-0.4, -0.2) is 58.2 Å². The second-order valence-electron chi connectivity index (χ2n) is 5.59. The van der Waals surface area contributed by atoms with Gasteiger partial charge in [-0.25, -0.2) is 0 Å². The van der Waals surface area contributed by atoms with Crippen molar-refractivity contribution in [3.63, 3.8) is 0 Å². The molecule has 1 aliphatic rings. The number of nitrogens with one attached hydrogen (secondary N) is 3. The van der Waals surface area contributed by atoms with Crippen LogP contribution in [-0.2, 0) is 11.3 Å². The number of quaternary nitrogens is 1. The summed E-state index contributed by atoms with van der Waals surface area (Å²) in [6.07, 6.45) is 0. The minimum Gasteiger partial charge on any atom is -0.493 e. The summed E-state index contributed by atoms with van der Waals surface area (Å²) in [5, 5.41) is 6.82. The Bertz CT molecular complexity index is 557. The van der Waals surface area contributed by atoms with Crippen molar-refractivity contribution in [2.45, 2.75) is 13.2 Å². The van der Waals surface area contributed by atoms with E-state index in [0.29, 0.717) is 11.7 Å². The van der Waals surface area contributed by atoms with Crippen LogP contribution >= 0.6 is 12.2 Å². The summed E-state index contributed by atoms with van der Waals surface area (Å²) in [7, 11) is 1.41. The van der Waals surface area contributed by atoms with Gasteiger partial charge >= 0.3 is 6.61 Å². The number of thiocarbonyl (C=S) groups is 1. The Morgan fingerprint density at radius 2 is 2.04 bits per heavy atom. The monoisotopic (exact) mass is 376 g/mol. The molecule has 1 heterocycles. The van der Waals surface area contributed by atoms with Crippen molar-refractivity contribution in [1.82, 2.24) is 10.6 Å². The molecule has 1 fully saturated rings. The maximum Gasteiger partial charge on any atom is 0.387 e. The molecule has 1 aromatic carbocycles. The van der Waals surface area contributed by atoms with Crippen LogP contribution in [0.15, 0.2) is 18.2 Å². The lowest BCUT2D eigenvalue weighted by atomic mass is 10.2. The molecule has 1 saturated heterocycles. The van der Waals surface area contributed by atoms with Gasteiger partial charge in [-0.15, -0.1) is 0 Å². The molecule has 0 amide bonds. The summed E-state index contributed by atoms with van der Waals surface area (Å²) in [4.78, 5) is 1.50. The van der Waals surface area contributed by atoms with E-state index in [4.69, 9.17) is 21.7 Å². The van der Waals surface area contributed by atoms with Crippen molar-refractivity contribution in [2.75, 3.05) is 46.5 Å². The number of hydrogen-bond donors (Lipinski definition) is 3. The number of benzene rings is 1. The van der Waals surface area contributed by atoms with Crippen molar-refractivity contribution >= 4 is 17.3 Å². The van der Waals surface area contributed by atoms with Crippen LogP contribution in [0.25, 0.3) is 0 Å². The topological polar surface area (TPSA) is 56.2 Å². The van der Waals surface area contributed by atoms with E-state index in [9.17, 15) is 8.78 Å². The van der Waals surface area contributed by atoms with Crippen LogP contribution < -0.4 is 25.0 Å². The molecule has 0 spiro atoms. The van der Waals surface area contributed by atoms with E-state index in [1.165, 1.54) is 18.1 Å². The highest BCUT2D eigenvalue weighted by molar-refractivity contribution is 7.80. The zero-order valence-electron chi connectivity index (χ0n) is 14.1. The van der Waals surface area contributed by atoms with Crippen LogP contribution in [0.5, 0.6) is 11.5 Å². The molecule has 9 heteroatoms. The predicted molar refractivity (Wildman–Crippen MR) is 93.4 cm³/mol. The maximum absolute atomic E-state index is 12.3. The summed E-state index contributed by atoms with van der Waals surface area (Å²) in [6.45, 7) is 3.01. The molecule has 0 aromatic heterocycles. The largest absolute Gasteiger partial charge is 0.493 e. The van der Waals surface area contributed by atoms with Crippen LogP contribution in [0.1, 0.15) is 5.56 Å². The van der Waals surface area contributed by atoms with Crippen molar-refractivity contribution in [1.29, 1.82) is 0 Å². The average Bonchev–Trinajstić information content (AvgIpc) is 2.61. The van der Waals surface area contributed by atoms with E-state index in [2.05, 4.69) is 15.4 Å². The fourth-order valence-corrected chi connectivity index (χ4v) is 2.70. The Morgan fingerprint density at radius 1 is 1.28 bits per heavy atom. The molecule has 6 nitrogen and oxygen atoms in total. The quantitative estimate of drug-likeness (QED) is 0.563. The van der Waals surface area contributed by atoms with E-state index in [0.717, 1.165) is 45.0 Å². The third-order valence-corrected chi connectivity index (χ3v) is 4.15. The van der Waals surface area contributed by atoms with Gasteiger partial charge in [0.05, 0.1) is 33.4 Å². The summed E-state index contributed by atoms with van der Waals surface area (Å²) in [5.74, 6) is 0.268. The molecule has 3 N–H and O–H groups in total. The highest BCUT2D eigenvalue weighted by Gasteiger charge is 2.13. The van der Waals surface area contributed by atoms with E-state index in [1.807, 2.05) is 0 Å². The molecule has 0 saturated carbocycles. The number of halogens is 2. The number of alkyl halides is 2. The van der Waals surface area contributed by atoms with Gasteiger partial charge in [0, 0.05) is 6.54 Å².